The number of aliphatic hydroxyl groups is 1. The lowest BCUT2D eigenvalue weighted by atomic mass is 9.95. The average molecular weight is 381 g/mol. The van der Waals surface area contributed by atoms with Crippen LogP contribution in [0.4, 0.5) is 0 Å². The van der Waals surface area contributed by atoms with Crippen molar-refractivity contribution in [1.29, 1.82) is 0 Å². The molecule has 1 fully saturated rings. The van der Waals surface area contributed by atoms with Crippen LogP contribution in [-0.4, -0.2) is 48.6 Å². The summed E-state index contributed by atoms with van der Waals surface area (Å²) in [5, 5.41) is 10.9. The van der Waals surface area contributed by atoms with Gasteiger partial charge in [0.25, 0.3) is 11.7 Å². The summed E-state index contributed by atoms with van der Waals surface area (Å²) in [4.78, 5) is 26.9. The lowest BCUT2D eigenvalue weighted by Crippen LogP contribution is -2.32. The van der Waals surface area contributed by atoms with Gasteiger partial charge in [-0.05, 0) is 36.8 Å². The summed E-state index contributed by atoms with van der Waals surface area (Å²) >= 11 is 0. The van der Waals surface area contributed by atoms with Gasteiger partial charge in [-0.1, -0.05) is 30.3 Å². The fourth-order valence-corrected chi connectivity index (χ4v) is 3.31. The second-order valence-electron chi connectivity index (χ2n) is 6.35. The van der Waals surface area contributed by atoms with Gasteiger partial charge in [-0.25, -0.2) is 0 Å². The number of carbonyl (C=O) groups is 2. The van der Waals surface area contributed by atoms with E-state index in [-0.39, 0.29) is 17.9 Å². The first kappa shape index (κ1) is 19.6. The van der Waals surface area contributed by atoms with Gasteiger partial charge in [0.05, 0.1) is 24.8 Å². The van der Waals surface area contributed by atoms with E-state index in [0.717, 1.165) is 5.56 Å². The Balaban J connectivity index is 2.08. The summed E-state index contributed by atoms with van der Waals surface area (Å²) in [6.07, 6.45) is 0. The Hall–Kier alpha value is -3.12. The van der Waals surface area contributed by atoms with E-state index in [9.17, 15) is 14.7 Å². The maximum Gasteiger partial charge on any atom is 0.295 e. The molecular weight excluding hydrogens is 358 g/mol. The number of nitrogens with zero attached hydrogens (tertiary/aromatic N) is 1. The largest absolute Gasteiger partial charge is 0.507 e. The van der Waals surface area contributed by atoms with Crippen LogP contribution in [-0.2, 0) is 14.3 Å². The summed E-state index contributed by atoms with van der Waals surface area (Å²) in [5.74, 6) is -0.871. The van der Waals surface area contributed by atoms with Crippen molar-refractivity contribution in [3.63, 3.8) is 0 Å². The summed E-state index contributed by atoms with van der Waals surface area (Å²) in [6.45, 7) is 2.96. The molecule has 0 bridgehead atoms. The minimum Gasteiger partial charge on any atom is -0.507 e. The highest BCUT2D eigenvalue weighted by Gasteiger charge is 2.45. The molecule has 1 saturated heterocycles. The fraction of sp³-hybridized carbons (Fsp3) is 0.273. The number of aliphatic hydroxyl groups excluding tert-OH is 1. The highest BCUT2D eigenvalue weighted by atomic mass is 16.5. The highest BCUT2D eigenvalue weighted by Crippen LogP contribution is 2.39. The molecule has 2 aromatic carbocycles. The SMILES string of the molecule is CCOc1ccc(/C(O)=C2/C(=O)C(=O)N(CCOC)C2c2ccccc2)cc1. The Morgan fingerprint density at radius 3 is 2.36 bits per heavy atom. The zero-order valence-corrected chi connectivity index (χ0v) is 15.9. The normalized spacial score (nSPS) is 18.5. The monoisotopic (exact) mass is 381 g/mol. The topological polar surface area (TPSA) is 76.1 Å². The maximum atomic E-state index is 12.8. The second-order valence-corrected chi connectivity index (χ2v) is 6.35. The number of rotatable bonds is 7. The molecule has 28 heavy (non-hydrogen) atoms. The van der Waals surface area contributed by atoms with E-state index >= 15 is 0 Å². The molecule has 2 aromatic rings. The molecular formula is C22H23NO5. The Morgan fingerprint density at radius 2 is 1.75 bits per heavy atom. The first-order valence-corrected chi connectivity index (χ1v) is 9.14. The van der Waals surface area contributed by atoms with Gasteiger partial charge in [0.15, 0.2) is 0 Å². The van der Waals surface area contributed by atoms with Crippen molar-refractivity contribution in [1.82, 2.24) is 4.90 Å². The second kappa shape index (κ2) is 8.71. The van der Waals surface area contributed by atoms with Crippen LogP contribution in [0.25, 0.3) is 5.76 Å². The minimum absolute atomic E-state index is 0.0801. The molecule has 0 radical (unpaired) electrons. The fourth-order valence-electron chi connectivity index (χ4n) is 3.31. The molecule has 0 saturated carbocycles. The molecule has 1 aliphatic heterocycles. The van der Waals surface area contributed by atoms with Crippen LogP contribution in [0.15, 0.2) is 60.2 Å². The molecule has 1 amide bonds. The number of ketones is 1. The zero-order chi connectivity index (χ0) is 20.1. The van der Waals surface area contributed by atoms with E-state index in [1.807, 2.05) is 37.3 Å². The van der Waals surface area contributed by atoms with Crippen molar-refractivity contribution in [3.8, 4) is 5.75 Å². The van der Waals surface area contributed by atoms with E-state index in [2.05, 4.69) is 0 Å². The number of ether oxygens (including phenoxy) is 2. The molecule has 0 aromatic heterocycles. The Labute approximate surface area is 164 Å². The van der Waals surface area contributed by atoms with Crippen LogP contribution < -0.4 is 4.74 Å². The van der Waals surface area contributed by atoms with Gasteiger partial charge in [0, 0.05) is 19.2 Å². The first-order valence-electron chi connectivity index (χ1n) is 9.14. The lowest BCUT2D eigenvalue weighted by Gasteiger charge is -2.25. The summed E-state index contributed by atoms with van der Waals surface area (Å²) in [7, 11) is 1.54. The van der Waals surface area contributed by atoms with E-state index in [0.29, 0.717) is 24.5 Å². The molecule has 1 unspecified atom stereocenters. The quantitative estimate of drug-likeness (QED) is 0.453. The number of amides is 1. The van der Waals surface area contributed by atoms with Crippen LogP contribution >= 0.6 is 0 Å². The number of carbonyl (C=O) groups excluding carboxylic acids is 2. The molecule has 3 rings (SSSR count). The van der Waals surface area contributed by atoms with Gasteiger partial charge < -0.3 is 19.5 Å². The standard InChI is InChI=1S/C22H23NO5/c1-3-28-17-11-9-16(10-12-17)20(24)18-19(15-7-5-4-6-8-15)23(13-14-27-2)22(26)21(18)25/h4-12,19,24H,3,13-14H2,1-2H3/b20-18-. The number of Topliss-reactive ketones (excluding diaryl/α,β-unsaturated/α-hetero) is 1. The number of hydrogen-bond donors (Lipinski definition) is 1. The van der Waals surface area contributed by atoms with Crippen LogP contribution in [0.1, 0.15) is 24.1 Å². The smallest absolute Gasteiger partial charge is 0.295 e. The summed E-state index contributed by atoms with van der Waals surface area (Å²) < 4.78 is 10.5. The highest BCUT2D eigenvalue weighted by molar-refractivity contribution is 6.46. The Bertz CT molecular complexity index is 874. The van der Waals surface area contributed by atoms with Gasteiger partial charge in [0.2, 0.25) is 0 Å². The first-order chi connectivity index (χ1) is 13.6. The third-order valence-electron chi connectivity index (χ3n) is 4.63. The van der Waals surface area contributed by atoms with Crippen molar-refractivity contribution in [2.24, 2.45) is 0 Å². The summed E-state index contributed by atoms with van der Waals surface area (Å²) in [5.41, 5.74) is 1.29. The average Bonchev–Trinajstić information content (AvgIpc) is 2.98. The number of likely N-dealkylation sites (tertiary alicyclic amines) is 1. The number of methoxy groups -OCH3 is 1. The molecule has 6 heteroatoms. The van der Waals surface area contributed by atoms with Crippen LogP contribution in [0.2, 0.25) is 0 Å². The van der Waals surface area contributed by atoms with Gasteiger partial charge >= 0.3 is 0 Å². The zero-order valence-electron chi connectivity index (χ0n) is 15.9. The van der Waals surface area contributed by atoms with E-state index in [4.69, 9.17) is 9.47 Å². The van der Waals surface area contributed by atoms with Crippen molar-refractivity contribution in [3.05, 3.63) is 71.3 Å². The molecule has 0 aliphatic carbocycles. The van der Waals surface area contributed by atoms with Crippen molar-refractivity contribution >= 4 is 17.4 Å². The molecule has 1 aliphatic rings. The van der Waals surface area contributed by atoms with Crippen molar-refractivity contribution in [2.75, 3.05) is 26.9 Å². The van der Waals surface area contributed by atoms with Gasteiger partial charge in [0.1, 0.15) is 11.5 Å². The number of hydrogen-bond acceptors (Lipinski definition) is 5. The Morgan fingerprint density at radius 1 is 1.07 bits per heavy atom. The van der Waals surface area contributed by atoms with Crippen LogP contribution in [0.3, 0.4) is 0 Å². The van der Waals surface area contributed by atoms with Gasteiger partial charge in [-0.3, -0.25) is 9.59 Å². The maximum absolute atomic E-state index is 12.8. The van der Waals surface area contributed by atoms with Gasteiger partial charge in [-0.2, -0.15) is 0 Å². The predicted octanol–water partition coefficient (Wildman–Crippen LogP) is 3.15. The molecule has 0 spiro atoms. The van der Waals surface area contributed by atoms with Gasteiger partial charge in [-0.15, -0.1) is 0 Å². The number of benzene rings is 2. The third-order valence-corrected chi connectivity index (χ3v) is 4.63. The molecule has 6 nitrogen and oxygen atoms in total. The minimum atomic E-state index is -0.698. The van der Waals surface area contributed by atoms with Crippen molar-refractivity contribution in [2.45, 2.75) is 13.0 Å². The van der Waals surface area contributed by atoms with Crippen LogP contribution in [0, 0.1) is 0 Å². The molecule has 146 valence electrons. The molecule has 1 heterocycles. The van der Waals surface area contributed by atoms with E-state index in [1.165, 1.54) is 12.0 Å². The molecule has 1 atom stereocenters. The van der Waals surface area contributed by atoms with E-state index in [1.54, 1.807) is 24.3 Å². The lowest BCUT2D eigenvalue weighted by molar-refractivity contribution is -0.140. The van der Waals surface area contributed by atoms with E-state index < -0.39 is 17.7 Å². The van der Waals surface area contributed by atoms with Crippen molar-refractivity contribution < 1.29 is 24.2 Å². The van der Waals surface area contributed by atoms with Crippen LogP contribution in [0.5, 0.6) is 5.75 Å². The third kappa shape index (κ3) is 3.77. The molecule has 1 N–H and O–H groups in total. The Kier molecular flexibility index (Phi) is 6.11. The summed E-state index contributed by atoms with van der Waals surface area (Å²) in [6, 6.07) is 15.3. The predicted molar refractivity (Wildman–Crippen MR) is 105 cm³/mol.